The minimum Gasteiger partial charge on any atom is -0.476 e. The number of rotatable bonds is 1. The number of aromatic nitrogens is 3. The fourth-order valence-electron chi connectivity index (χ4n) is 0.306. The summed E-state index contributed by atoms with van der Waals surface area (Å²) < 4.78 is 0. The monoisotopic (exact) mass is 145 g/mol. The first-order valence-electron chi connectivity index (χ1n) is 2.24. The molecule has 7 heteroatoms. The quantitative estimate of drug-likeness (QED) is 0.276. The van der Waals surface area contributed by atoms with Gasteiger partial charge in [-0.2, -0.15) is 0 Å². The van der Waals surface area contributed by atoms with Crippen LogP contribution in [0.3, 0.4) is 0 Å². The van der Waals surface area contributed by atoms with Gasteiger partial charge in [0.1, 0.15) is 0 Å². The minimum absolute atomic E-state index is 0.0648. The Morgan fingerprint density at radius 1 is 1.70 bits per heavy atom. The molecule has 0 saturated heterocycles. The zero-order valence-electron chi connectivity index (χ0n) is 4.98. The van der Waals surface area contributed by atoms with E-state index in [1.54, 1.807) is 0 Å². The second-order valence-electron chi connectivity index (χ2n) is 1.16. The highest BCUT2D eigenvalue weighted by Gasteiger charge is 2.02. The smallest absolute Gasteiger partial charge is 0.358 e. The maximum atomic E-state index is 9.94. The molecule has 0 fully saturated rings. The molecule has 1 heterocycles. The highest BCUT2D eigenvalue weighted by Crippen LogP contribution is 1.84. The van der Waals surface area contributed by atoms with E-state index in [4.69, 9.17) is 5.11 Å². The molecule has 6 N–H and O–H groups in total. The molecule has 0 aromatic carbocycles. The van der Waals surface area contributed by atoms with Crippen molar-refractivity contribution in [3.8, 4) is 0 Å². The number of carboxylic acids is 1. The Morgan fingerprint density at radius 3 is 2.50 bits per heavy atom. The van der Waals surface area contributed by atoms with Crippen LogP contribution in [-0.2, 0) is 0 Å². The van der Waals surface area contributed by atoms with Gasteiger partial charge in [0, 0.05) is 0 Å². The van der Waals surface area contributed by atoms with Gasteiger partial charge in [-0.1, -0.05) is 5.21 Å². The van der Waals surface area contributed by atoms with Crippen molar-refractivity contribution < 1.29 is 9.90 Å². The fourth-order valence-corrected chi connectivity index (χ4v) is 0.306. The SMILES string of the molecule is NN.O=C(O)c1c[nH]nn1. The van der Waals surface area contributed by atoms with Gasteiger partial charge in [-0.15, -0.1) is 5.10 Å². The van der Waals surface area contributed by atoms with Crippen LogP contribution in [0.25, 0.3) is 0 Å². The first-order chi connectivity index (χ1) is 4.80. The normalized spacial score (nSPS) is 7.80. The highest BCUT2D eigenvalue weighted by molar-refractivity contribution is 5.84. The van der Waals surface area contributed by atoms with Gasteiger partial charge >= 0.3 is 5.97 Å². The first kappa shape index (κ1) is 8.53. The van der Waals surface area contributed by atoms with E-state index in [1.807, 2.05) is 0 Å². The van der Waals surface area contributed by atoms with Crippen molar-refractivity contribution in [2.24, 2.45) is 11.7 Å². The number of carboxylic acid groups (broad SMARTS) is 1. The van der Waals surface area contributed by atoms with Crippen LogP contribution >= 0.6 is 0 Å². The minimum atomic E-state index is -1.07. The second-order valence-corrected chi connectivity index (χ2v) is 1.16. The second kappa shape index (κ2) is 4.41. The lowest BCUT2D eigenvalue weighted by atomic mass is 10.5. The number of H-pyrrole nitrogens is 1. The van der Waals surface area contributed by atoms with Gasteiger partial charge in [0.2, 0.25) is 0 Å². The van der Waals surface area contributed by atoms with E-state index in [0.29, 0.717) is 0 Å². The molecule has 0 saturated carbocycles. The molecule has 0 spiro atoms. The van der Waals surface area contributed by atoms with Crippen molar-refractivity contribution in [2.45, 2.75) is 0 Å². The van der Waals surface area contributed by atoms with Crippen LogP contribution in [0.4, 0.5) is 0 Å². The van der Waals surface area contributed by atoms with E-state index in [0.717, 1.165) is 0 Å². The van der Waals surface area contributed by atoms with Crippen LogP contribution in [0.15, 0.2) is 6.20 Å². The lowest BCUT2D eigenvalue weighted by molar-refractivity contribution is 0.0690. The van der Waals surface area contributed by atoms with Crippen molar-refractivity contribution in [3.63, 3.8) is 0 Å². The maximum Gasteiger partial charge on any atom is 0.358 e. The van der Waals surface area contributed by atoms with Crippen LogP contribution in [0, 0.1) is 0 Å². The predicted molar refractivity (Wildman–Crippen MR) is 31.7 cm³/mol. The number of nitrogens with one attached hydrogen (secondary N) is 1. The number of aromatic carboxylic acids is 1. The average molecular weight is 145 g/mol. The molecular weight excluding hydrogens is 138 g/mol. The molecule has 7 nitrogen and oxygen atoms in total. The van der Waals surface area contributed by atoms with Crippen molar-refractivity contribution in [3.05, 3.63) is 11.9 Å². The van der Waals surface area contributed by atoms with E-state index < -0.39 is 5.97 Å². The van der Waals surface area contributed by atoms with Gasteiger partial charge in [0.25, 0.3) is 0 Å². The predicted octanol–water partition coefficient (Wildman–Crippen LogP) is -1.68. The van der Waals surface area contributed by atoms with E-state index in [1.165, 1.54) is 6.20 Å². The summed E-state index contributed by atoms with van der Waals surface area (Å²) in [5.41, 5.74) is -0.0648. The molecule has 0 bridgehead atoms. The van der Waals surface area contributed by atoms with Gasteiger partial charge in [-0.25, -0.2) is 4.79 Å². The van der Waals surface area contributed by atoms with Crippen LogP contribution in [-0.4, -0.2) is 26.5 Å². The Labute approximate surface area is 56.0 Å². The van der Waals surface area contributed by atoms with Gasteiger partial charge in [-0.3, -0.25) is 16.8 Å². The lowest BCUT2D eigenvalue weighted by Gasteiger charge is -1.75. The molecule has 1 aromatic rings. The molecule has 1 rings (SSSR count). The van der Waals surface area contributed by atoms with Gasteiger partial charge in [0.15, 0.2) is 5.69 Å². The lowest BCUT2D eigenvalue weighted by Crippen LogP contribution is -2.02. The molecule has 0 amide bonds. The molecule has 0 unspecified atom stereocenters. The summed E-state index contributed by atoms with van der Waals surface area (Å²) in [6, 6.07) is 0. The Morgan fingerprint density at radius 2 is 2.30 bits per heavy atom. The van der Waals surface area contributed by atoms with Crippen LogP contribution in [0.2, 0.25) is 0 Å². The molecule has 0 aliphatic rings. The summed E-state index contributed by atoms with van der Waals surface area (Å²) in [6.45, 7) is 0. The number of hydrogen-bond acceptors (Lipinski definition) is 5. The fraction of sp³-hybridized carbons (Fsp3) is 0. The number of hydrazine groups is 1. The van der Waals surface area contributed by atoms with Crippen molar-refractivity contribution in [1.82, 2.24) is 15.4 Å². The maximum absolute atomic E-state index is 9.94. The number of nitrogens with zero attached hydrogens (tertiary/aromatic N) is 2. The molecule has 56 valence electrons. The van der Waals surface area contributed by atoms with Crippen LogP contribution < -0.4 is 11.7 Å². The third-order valence-corrected chi connectivity index (χ3v) is 0.636. The van der Waals surface area contributed by atoms with E-state index in [-0.39, 0.29) is 5.69 Å². The summed E-state index contributed by atoms with van der Waals surface area (Å²) in [5.74, 6) is 6.93. The topological polar surface area (TPSA) is 131 Å². The van der Waals surface area contributed by atoms with E-state index >= 15 is 0 Å². The Kier molecular flexibility index (Phi) is 3.76. The summed E-state index contributed by atoms with van der Waals surface area (Å²) in [5, 5.41) is 16.8. The molecule has 0 atom stereocenters. The number of nitrogens with two attached hydrogens (primary N) is 2. The molecule has 0 aliphatic carbocycles. The largest absolute Gasteiger partial charge is 0.476 e. The summed E-state index contributed by atoms with van der Waals surface area (Å²) in [7, 11) is 0. The Hall–Kier alpha value is -1.47. The van der Waals surface area contributed by atoms with Crippen molar-refractivity contribution >= 4 is 5.97 Å². The van der Waals surface area contributed by atoms with E-state index in [9.17, 15) is 4.79 Å². The zero-order valence-corrected chi connectivity index (χ0v) is 4.98. The molecule has 1 aromatic heterocycles. The van der Waals surface area contributed by atoms with Crippen molar-refractivity contribution in [2.75, 3.05) is 0 Å². The number of hydrogen-bond donors (Lipinski definition) is 4. The number of carbonyl (C=O) groups is 1. The van der Waals surface area contributed by atoms with Gasteiger partial charge in [0.05, 0.1) is 6.20 Å². The Bertz CT molecular complexity index is 183. The third kappa shape index (κ3) is 2.20. The summed E-state index contributed by atoms with van der Waals surface area (Å²) >= 11 is 0. The molecule has 0 radical (unpaired) electrons. The summed E-state index contributed by atoms with van der Waals surface area (Å²) in [4.78, 5) is 9.94. The first-order valence-corrected chi connectivity index (χ1v) is 2.24. The summed E-state index contributed by atoms with van der Waals surface area (Å²) in [6.07, 6.45) is 1.21. The van der Waals surface area contributed by atoms with Crippen molar-refractivity contribution in [1.29, 1.82) is 0 Å². The highest BCUT2D eigenvalue weighted by atomic mass is 16.4. The average Bonchev–Trinajstić information content (AvgIpc) is 2.42. The standard InChI is InChI=1S/C3H3N3O2.H4N2/c7-3(8)2-1-4-6-5-2;1-2/h1H,(H,7,8)(H,4,5,6);1-2H2. The zero-order chi connectivity index (χ0) is 7.98. The van der Waals surface area contributed by atoms with E-state index in [2.05, 4.69) is 27.1 Å². The van der Waals surface area contributed by atoms with Crippen LogP contribution in [0.5, 0.6) is 0 Å². The molecule has 10 heavy (non-hydrogen) atoms. The van der Waals surface area contributed by atoms with Crippen LogP contribution in [0.1, 0.15) is 10.5 Å². The Balaban J connectivity index is 0.000000371. The molecular formula is C3H7N5O2. The van der Waals surface area contributed by atoms with Gasteiger partial charge < -0.3 is 5.11 Å². The molecule has 0 aliphatic heterocycles. The van der Waals surface area contributed by atoms with Gasteiger partial charge in [-0.05, 0) is 0 Å². The third-order valence-electron chi connectivity index (χ3n) is 0.636. The number of aromatic amines is 1.